The lowest BCUT2D eigenvalue weighted by molar-refractivity contribution is 0.0956. The first kappa shape index (κ1) is 19.1. The van der Waals surface area contributed by atoms with Crippen molar-refractivity contribution in [1.29, 1.82) is 0 Å². The zero-order valence-corrected chi connectivity index (χ0v) is 15.4. The monoisotopic (exact) mass is 393 g/mol. The van der Waals surface area contributed by atoms with Gasteiger partial charge in [-0.05, 0) is 60.2 Å². The third-order valence-electron chi connectivity index (χ3n) is 3.78. The molecule has 3 N–H and O–H groups in total. The highest BCUT2D eigenvalue weighted by Gasteiger charge is 2.15. The van der Waals surface area contributed by atoms with E-state index in [4.69, 9.17) is 11.6 Å². The topological polar surface area (TPSA) is 90.8 Å². The van der Waals surface area contributed by atoms with Crippen molar-refractivity contribution in [2.24, 2.45) is 5.10 Å². The Balaban J connectivity index is 1.75. The standard InChI is InChI=1S/C21H16ClN3O3/c22-16-8-11-19(24-20(27)15-4-2-1-3-5-15)18(12-16)21(28)25-23-13-14-6-9-17(26)10-7-14/h1-13,26H,(H,24,27)(H,25,28)/b23-13+. The molecular formula is C21H16ClN3O3. The fraction of sp³-hybridized carbons (Fsp3) is 0. The Kier molecular flexibility index (Phi) is 6.04. The molecule has 140 valence electrons. The number of benzene rings is 3. The van der Waals surface area contributed by atoms with Gasteiger partial charge in [-0.1, -0.05) is 29.8 Å². The molecule has 0 saturated heterocycles. The van der Waals surface area contributed by atoms with Crippen LogP contribution in [0.15, 0.2) is 77.9 Å². The second kappa shape index (κ2) is 8.83. The van der Waals surface area contributed by atoms with E-state index in [0.717, 1.165) is 0 Å². The van der Waals surface area contributed by atoms with E-state index < -0.39 is 5.91 Å². The summed E-state index contributed by atoms with van der Waals surface area (Å²) in [5, 5.41) is 16.2. The number of hydrogen-bond acceptors (Lipinski definition) is 4. The number of anilines is 1. The average molecular weight is 394 g/mol. The van der Waals surface area contributed by atoms with E-state index in [-0.39, 0.29) is 17.2 Å². The Hall–Kier alpha value is -3.64. The number of carbonyl (C=O) groups excluding carboxylic acids is 2. The highest BCUT2D eigenvalue weighted by molar-refractivity contribution is 6.31. The van der Waals surface area contributed by atoms with Crippen LogP contribution in [0.5, 0.6) is 5.75 Å². The number of halogens is 1. The van der Waals surface area contributed by atoms with Crippen molar-refractivity contribution in [3.05, 3.63) is 94.5 Å². The summed E-state index contributed by atoms with van der Waals surface area (Å²) in [6.45, 7) is 0. The summed E-state index contributed by atoms with van der Waals surface area (Å²) in [5.74, 6) is -0.732. The van der Waals surface area contributed by atoms with E-state index >= 15 is 0 Å². The van der Waals surface area contributed by atoms with Crippen molar-refractivity contribution in [2.45, 2.75) is 0 Å². The highest BCUT2D eigenvalue weighted by Crippen LogP contribution is 2.21. The van der Waals surface area contributed by atoms with Crippen LogP contribution in [0.1, 0.15) is 26.3 Å². The maximum absolute atomic E-state index is 12.5. The summed E-state index contributed by atoms with van der Waals surface area (Å²) in [5.41, 5.74) is 4.06. The lowest BCUT2D eigenvalue weighted by Crippen LogP contribution is -2.21. The Morgan fingerprint density at radius 2 is 1.64 bits per heavy atom. The summed E-state index contributed by atoms with van der Waals surface area (Å²) in [6.07, 6.45) is 1.43. The van der Waals surface area contributed by atoms with Crippen molar-refractivity contribution in [2.75, 3.05) is 5.32 Å². The predicted molar refractivity (Wildman–Crippen MR) is 109 cm³/mol. The van der Waals surface area contributed by atoms with Crippen LogP contribution < -0.4 is 10.7 Å². The molecule has 3 rings (SSSR count). The molecule has 28 heavy (non-hydrogen) atoms. The van der Waals surface area contributed by atoms with Crippen molar-refractivity contribution in [3.63, 3.8) is 0 Å². The molecule has 0 spiro atoms. The number of aromatic hydroxyl groups is 1. The van der Waals surface area contributed by atoms with Gasteiger partial charge in [0.05, 0.1) is 17.5 Å². The van der Waals surface area contributed by atoms with Crippen LogP contribution in [0.4, 0.5) is 5.69 Å². The first-order valence-electron chi connectivity index (χ1n) is 8.31. The average Bonchev–Trinajstić information content (AvgIpc) is 2.71. The zero-order chi connectivity index (χ0) is 19.9. The van der Waals surface area contributed by atoms with Gasteiger partial charge in [0.1, 0.15) is 5.75 Å². The molecular weight excluding hydrogens is 378 g/mol. The van der Waals surface area contributed by atoms with Crippen LogP contribution in [0.25, 0.3) is 0 Å². The second-order valence-corrected chi connectivity index (χ2v) is 6.24. The van der Waals surface area contributed by atoms with Gasteiger partial charge in [0.25, 0.3) is 11.8 Å². The molecule has 0 heterocycles. The summed E-state index contributed by atoms with van der Waals surface area (Å²) in [4.78, 5) is 24.9. The van der Waals surface area contributed by atoms with Gasteiger partial charge < -0.3 is 10.4 Å². The molecule has 3 aromatic carbocycles. The summed E-state index contributed by atoms with van der Waals surface area (Å²) < 4.78 is 0. The van der Waals surface area contributed by atoms with E-state index in [0.29, 0.717) is 21.8 Å². The van der Waals surface area contributed by atoms with E-state index in [1.807, 2.05) is 6.07 Å². The molecule has 6 nitrogen and oxygen atoms in total. The number of phenols is 1. The number of nitrogens with zero attached hydrogens (tertiary/aromatic N) is 1. The molecule has 2 amide bonds. The van der Waals surface area contributed by atoms with Crippen LogP contribution in [0.2, 0.25) is 5.02 Å². The molecule has 0 radical (unpaired) electrons. The summed E-state index contributed by atoms with van der Waals surface area (Å²) >= 11 is 6.00. The molecule has 0 atom stereocenters. The molecule has 0 unspecified atom stereocenters. The first-order valence-corrected chi connectivity index (χ1v) is 8.69. The van der Waals surface area contributed by atoms with Gasteiger partial charge in [-0.25, -0.2) is 5.43 Å². The van der Waals surface area contributed by atoms with Crippen LogP contribution in [0.3, 0.4) is 0 Å². The first-order chi connectivity index (χ1) is 13.5. The van der Waals surface area contributed by atoms with Gasteiger partial charge in [-0.3, -0.25) is 9.59 Å². The number of nitrogens with one attached hydrogen (secondary N) is 2. The maximum Gasteiger partial charge on any atom is 0.273 e. The van der Waals surface area contributed by atoms with Crippen LogP contribution >= 0.6 is 11.6 Å². The Morgan fingerprint density at radius 1 is 0.929 bits per heavy atom. The molecule has 0 aliphatic rings. The highest BCUT2D eigenvalue weighted by atomic mass is 35.5. The fourth-order valence-corrected chi connectivity index (χ4v) is 2.56. The number of phenolic OH excluding ortho intramolecular Hbond substituents is 1. The number of hydrogen-bond donors (Lipinski definition) is 3. The van der Waals surface area contributed by atoms with Gasteiger partial charge in [0, 0.05) is 10.6 Å². The van der Waals surface area contributed by atoms with Crippen LogP contribution in [-0.4, -0.2) is 23.1 Å². The normalized spacial score (nSPS) is 10.6. The molecule has 0 aromatic heterocycles. The van der Waals surface area contributed by atoms with Gasteiger partial charge >= 0.3 is 0 Å². The van der Waals surface area contributed by atoms with E-state index in [2.05, 4.69) is 15.8 Å². The SMILES string of the molecule is O=C(Nc1ccc(Cl)cc1C(=O)N/N=C/c1ccc(O)cc1)c1ccccc1. The molecule has 0 aliphatic carbocycles. The van der Waals surface area contributed by atoms with Gasteiger partial charge in [0.15, 0.2) is 0 Å². The number of hydrazone groups is 1. The number of amides is 2. The molecule has 0 aliphatic heterocycles. The Labute approximate surface area is 166 Å². The minimum Gasteiger partial charge on any atom is -0.508 e. The van der Waals surface area contributed by atoms with E-state index in [1.54, 1.807) is 48.5 Å². The van der Waals surface area contributed by atoms with Crippen molar-refractivity contribution in [3.8, 4) is 5.75 Å². The maximum atomic E-state index is 12.5. The Morgan fingerprint density at radius 3 is 2.36 bits per heavy atom. The van der Waals surface area contributed by atoms with Gasteiger partial charge in [-0.2, -0.15) is 5.10 Å². The fourth-order valence-electron chi connectivity index (χ4n) is 2.38. The summed E-state index contributed by atoms with van der Waals surface area (Å²) in [7, 11) is 0. The van der Waals surface area contributed by atoms with Gasteiger partial charge in [0.2, 0.25) is 0 Å². The third kappa shape index (κ3) is 4.96. The van der Waals surface area contributed by atoms with Crippen LogP contribution in [0, 0.1) is 0 Å². The quantitative estimate of drug-likeness (QED) is 0.451. The Bertz CT molecular complexity index is 1020. The number of carbonyl (C=O) groups is 2. The minimum absolute atomic E-state index is 0.138. The van der Waals surface area contributed by atoms with Gasteiger partial charge in [-0.15, -0.1) is 0 Å². The molecule has 3 aromatic rings. The molecule has 0 bridgehead atoms. The minimum atomic E-state index is -0.527. The lowest BCUT2D eigenvalue weighted by Gasteiger charge is -2.10. The summed E-state index contributed by atoms with van der Waals surface area (Å²) in [6, 6.07) is 19.6. The molecule has 0 saturated carbocycles. The molecule has 7 heteroatoms. The largest absolute Gasteiger partial charge is 0.508 e. The number of rotatable bonds is 5. The van der Waals surface area contributed by atoms with Crippen molar-refractivity contribution in [1.82, 2.24) is 5.43 Å². The van der Waals surface area contributed by atoms with E-state index in [9.17, 15) is 14.7 Å². The smallest absolute Gasteiger partial charge is 0.273 e. The van der Waals surface area contributed by atoms with E-state index in [1.165, 1.54) is 24.4 Å². The predicted octanol–water partition coefficient (Wildman–Crippen LogP) is 4.06. The lowest BCUT2D eigenvalue weighted by atomic mass is 10.1. The van der Waals surface area contributed by atoms with Crippen molar-refractivity contribution >= 4 is 35.3 Å². The van der Waals surface area contributed by atoms with Crippen molar-refractivity contribution < 1.29 is 14.7 Å². The molecule has 0 fully saturated rings. The van der Waals surface area contributed by atoms with Crippen LogP contribution in [-0.2, 0) is 0 Å². The second-order valence-electron chi connectivity index (χ2n) is 5.80. The third-order valence-corrected chi connectivity index (χ3v) is 4.02. The zero-order valence-electron chi connectivity index (χ0n) is 14.6.